The quantitative estimate of drug-likeness (QED) is 0.115. The summed E-state index contributed by atoms with van der Waals surface area (Å²) in [4.78, 5) is 0. The molecule has 0 saturated carbocycles. The SMILES string of the molecule is C1CC[SiH2]C1.CCC[CH2][Zr][C](CCC)(C1C(C)=Cc2c(-c3ccccc3)cccc21)C1C(CC)=Cc2c1ccc1ccccc21. The molecule has 3 atom stereocenters. The Bertz CT molecular complexity index is 1650. The van der Waals surface area contributed by atoms with Crippen molar-refractivity contribution < 1.29 is 23.2 Å². The molecule has 4 aromatic carbocycles. The van der Waals surface area contributed by atoms with Crippen molar-refractivity contribution in [2.75, 3.05) is 0 Å². The summed E-state index contributed by atoms with van der Waals surface area (Å²) < 4.78 is 1.79. The van der Waals surface area contributed by atoms with Crippen molar-refractivity contribution >= 4 is 32.4 Å². The van der Waals surface area contributed by atoms with Crippen molar-refractivity contribution in [2.45, 2.75) is 104 Å². The van der Waals surface area contributed by atoms with E-state index in [9.17, 15) is 0 Å². The molecule has 0 spiro atoms. The van der Waals surface area contributed by atoms with E-state index >= 15 is 0 Å². The minimum absolute atomic E-state index is 0.323. The molecule has 1 fully saturated rings. The van der Waals surface area contributed by atoms with Crippen molar-refractivity contribution in [1.29, 1.82) is 0 Å². The van der Waals surface area contributed by atoms with E-state index < -0.39 is 23.2 Å². The average molecular weight is 688 g/mol. The van der Waals surface area contributed by atoms with Crippen molar-refractivity contribution in [3.05, 3.63) is 118 Å². The third kappa shape index (κ3) is 6.49. The second-order valence-corrected chi connectivity index (χ2v) is 20.1. The van der Waals surface area contributed by atoms with Crippen LogP contribution < -0.4 is 0 Å². The molecular weight excluding hydrogens is 636 g/mol. The molecule has 7 rings (SSSR count). The van der Waals surface area contributed by atoms with Crippen molar-refractivity contribution in [3.8, 4) is 11.1 Å². The average Bonchev–Trinajstić information content (AvgIpc) is 3.85. The first-order valence-corrected chi connectivity index (χ1v) is 22.9. The summed E-state index contributed by atoms with van der Waals surface area (Å²) in [5.41, 5.74) is 12.2. The fraction of sp³-hybridized carbons (Fsp3) is 0.395. The molecule has 1 saturated heterocycles. The Kier molecular flexibility index (Phi) is 10.9. The number of allylic oxidation sites excluding steroid dienone is 2. The fourth-order valence-electron chi connectivity index (χ4n) is 8.76. The molecule has 232 valence electrons. The van der Waals surface area contributed by atoms with Crippen LogP contribution >= 0.6 is 0 Å². The van der Waals surface area contributed by atoms with Crippen LogP contribution in [-0.2, 0) is 23.2 Å². The predicted molar refractivity (Wildman–Crippen MR) is 198 cm³/mol. The molecular formula is C43H52SiZr. The third-order valence-corrected chi connectivity index (χ3v) is 17.9. The second kappa shape index (κ2) is 15.1. The molecule has 0 bridgehead atoms. The van der Waals surface area contributed by atoms with E-state index in [0.717, 1.165) is 6.42 Å². The Balaban J connectivity index is 0.000000652. The van der Waals surface area contributed by atoms with Crippen molar-refractivity contribution in [2.24, 2.45) is 0 Å². The first-order chi connectivity index (χ1) is 22.1. The van der Waals surface area contributed by atoms with E-state index in [1.165, 1.54) is 62.8 Å². The van der Waals surface area contributed by atoms with Gasteiger partial charge in [-0.1, -0.05) is 24.9 Å². The van der Waals surface area contributed by atoms with Gasteiger partial charge in [0, 0.05) is 9.52 Å². The summed E-state index contributed by atoms with van der Waals surface area (Å²) in [5.74, 6) is 1.03. The minimum atomic E-state index is -0.802. The van der Waals surface area contributed by atoms with E-state index in [1.807, 2.05) is 0 Å². The monoisotopic (exact) mass is 686 g/mol. The molecule has 1 aliphatic heterocycles. The topological polar surface area (TPSA) is 0 Å². The van der Waals surface area contributed by atoms with Crippen molar-refractivity contribution in [1.82, 2.24) is 0 Å². The molecule has 0 radical (unpaired) electrons. The summed E-state index contributed by atoms with van der Waals surface area (Å²) in [5, 5.41) is 2.80. The number of fused-ring (bicyclic) bond motifs is 4. The molecule has 0 amide bonds. The van der Waals surface area contributed by atoms with Crippen LogP contribution in [0.2, 0.25) is 19.3 Å². The molecule has 2 aliphatic carbocycles. The summed E-state index contributed by atoms with van der Waals surface area (Å²) >= 11 is -0.802. The van der Waals surface area contributed by atoms with Crippen LogP contribution in [0.5, 0.6) is 0 Å². The van der Waals surface area contributed by atoms with Gasteiger partial charge < -0.3 is 0 Å². The van der Waals surface area contributed by atoms with Gasteiger partial charge in [-0.2, -0.15) is 0 Å². The molecule has 2 heteroatoms. The maximum atomic E-state index is 2.61. The zero-order chi connectivity index (χ0) is 31.2. The molecule has 4 aromatic rings. The van der Waals surface area contributed by atoms with Gasteiger partial charge in [0.25, 0.3) is 0 Å². The van der Waals surface area contributed by atoms with Gasteiger partial charge in [-0.25, -0.2) is 0 Å². The fourth-order valence-corrected chi connectivity index (χ4v) is 16.8. The van der Waals surface area contributed by atoms with Gasteiger partial charge in [-0.3, -0.25) is 0 Å². The van der Waals surface area contributed by atoms with Crippen molar-refractivity contribution in [3.63, 3.8) is 0 Å². The molecule has 0 N–H and O–H groups in total. The predicted octanol–water partition coefficient (Wildman–Crippen LogP) is 12.6. The summed E-state index contributed by atoms with van der Waals surface area (Å²) in [6, 6.07) is 35.4. The molecule has 1 heterocycles. The summed E-state index contributed by atoms with van der Waals surface area (Å²) in [6.07, 6.45) is 14.7. The van der Waals surface area contributed by atoms with Gasteiger partial charge >= 0.3 is 255 Å². The Labute approximate surface area is 287 Å². The van der Waals surface area contributed by atoms with Gasteiger partial charge in [0.15, 0.2) is 0 Å². The van der Waals surface area contributed by atoms with Crippen LogP contribution in [0.4, 0.5) is 0 Å². The maximum absolute atomic E-state index is 2.61. The Hall–Kier alpha value is -2.28. The van der Waals surface area contributed by atoms with Gasteiger partial charge in [0.1, 0.15) is 0 Å². The number of hydrogen-bond acceptors (Lipinski definition) is 0. The summed E-state index contributed by atoms with van der Waals surface area (Å²) in [6.45, 7) is 9.67. The van der Waals surface area contributed by atoms with E-state index in [-0.39, 0.29) is 0 Å². The van der Waals surface area contributed by atoms with E-state index in [2.05, 4.69) is 125 Å². The molecule has 45 heavy (non-hydrogen) atoms. The van der Waals surface area contributed by atoms with Crippen LogP contribution in [0.15, 0.2) is 96.1 Å². The third-order valence-electron chi connectivity index (χ3n) is 10.7. The van der Waals surface area contributed by atoms with Crippen LogP contribution in [0, 0.1) is 0 Å². The normalized spacial score (nSPS) is 19.6. The van der Waals surface area contributed by atoms with Crippen LogP contribution in [0.1, 0.15) is 107 Å². The van der Waals surface area contributed by atoms with E-state index in [0.29, 0.717) is 24.5 Å². The first-order valence-electron chi connectivity index (χ1n) is 18.0. The molecule has 3 unspecified atom stereocenters. The molecule has 0 nitrogen and oxygen atoms in total. The Morgan fingerprint density at radius 1 is 0.733 bits per heavy atom. The Morgan fingerprint density at radius 2 is 1.49 bits per heavy atom. The second-order valence-electron chi connectivity index (χ2n) is 13.6. The Morgan fingerprint density at radius 3 is 2.20 bits per heavy atom. The number of benzene rings is 4. The zero-order valence-electron chi connectivity index (χ0n) is 28.2. The first kappa shape index (κ1) is 32.7. The van der Waals surface area contributed by atoms with Gasteiger partial charge in [-0.05, 0) is 0 Å². The van der Waals surface area contributed by atoms with Crippen LogP contribution in [0.3, 0.4) is 0 Å². The standard InChI is InChI=1S/C35H33.C4H10Si.C4H9.Zr/c1-4-12-31(35-24(5-2)22-33-27-16-10-9-15-26(27)19-20-30(33)35)34-23(3)21-32-28(17-11-18-29(32)34)25-13-7-6-8-14-25;1-2-4-5-3-1;1-3-4-2;/h6-11,13-22,34-35H,4-5,12H2,1-3H3;1-5H2;1,3-4H2,2H3;. The molecule has 3 aliphatic rings. The van der Waals surface area contributed by atoms with Crippen LogP contribution in [-0.4, -0.2) is 9.52 Å². The van der Waals surface area contributed by atoms with E-state index in [1.54, 1.807) is 47.2 Å². The van der Waals surface area contributed by atoms with Crippen LogP contribution in [0.25, 0.3) is 34.1 Å². The number of hydrogen-bond donors (Lipinski definition) is 0. The van der Waals surface area contributed by atoms with E-state index in [4.69, 9.17) is 0 Å². The zero-order valence-corrected chi connectivity index (χ0v) is 32.0. The van der Waals surface area contributed by atoms with Gasteiger partial charge in [0.05, 0.1) is 0 Å². The number of unbranched alkanes of at least 4 members (excludes halogenated alkanes) is 1. The van der Waals surface area contributed by atoms with Gasteiger partial charge in [0.2, 0.25) is 0 Å². The van der Waals surface area contributed by atoms with Gasteiger partial charge in [-0.15, -0.1) is 0 Å². The summed E-state index contributed by atoms with van der Waals surface area (Å²) in [7, 11) is 0.543. The molecule has 0 aromatic heterocycles. The number of rotatable bonds is 10.